The Hall–Kier alpha value is -0.586. The molecule has 0 saturated carbocycles. The molecule has 0 fully saturated rings. The van der Waals surface area contributed by atoms with Gasteiger partial charge in [-0.25, -0.2) is 0 Å². The van der Waals surface area contributed by atoms with Gasteiger partial charge in [0.1, 0.15) is 0 Å². The average Bonchev–Trinajstić information content (AvgIpc) is 2.61. The Balaban J connectivity index is 0.000000515. The Kier molecular flexibility index (Phi) is 10.8. The van der Waals surface area contributed by atoms with Crippen LogP contribution in [0.2, 0.25) is 6.55 Å². The molecular weight excluding hydrogens is 332 g/mol. The van der Waals surface area contributed by atoms with E-state index in [0.29, 0.717) is 6.04 Å². The molecule has 0 aliphatic carbocycles. The molecule has 0 atom stereocenters. The predicted molar refractivity (Wildman–Crippen MR) is 94.3 cm³/mol. The third-order valence-corrected chi connectivity index (χ3v) is 8.52. The van der Waals surface area contributed by atoms with Crippen LogP contribution in [0.15, 0.2) is 24.3 Å². The minimum atomic E-state index is -2.48. The van der Waals surface area contributed by atoms with Gasteiger partial charge in [0, 0.05) is 55.2 Å². The lowest BCUT2D eigenvalue weighted by Gasteiger charge is -2.24. The first kappa shape index (κ1) is 22.4. The maximum atomic E-state index is 5.36. The highest BCUT2D eigenvalue weighted by atomic mass is 28.4. The van der Waals surface area contributed by atoms with Crippen LogP contribution < -0.4 is 0 Å². The molecule has 0 saturated heterocycles. The average molecular weight is 363 g/mol. The minimum absolute atomic E-state index is 0.705. The molecule has 0 aliphatic heterocycles. The Morgan fingerprint density at radius 1 is 0.696 bits per heavy atom. The fourth-order valence-corrected chi connectivity index (χ4v) is 3.84. The van der Waals surface area contributed by atoms with E-state index in [9.17, 15) is 0 Å². The van der Waals surface area contributed by atoms with Gasteiger partial charge >= 0.3 is 17.6 Å². The largest absolute Gasteiger partial charge is 0.504 e. The lowest BCUT2D eigenvalue weighted by Crippen LogP contribution is -2.45. The SMILES string of the molecule is CO[Si](C)(OC)OC.CO[Si](Cc1ccc(C)cc1)(OC)OC. The first-order valence-electron chi connectivity index (χ1n) is 7.20. The number of aryl methyl sites for hydroxylation is 1. The molecule has 0 N–H and O–H groups in total. The monoisotopic (exact) mass is 362 g/mol. The van der Waals surface area contributed by atoms with Crippen molar-refractivity contribution < 1.29 is 26.6 Å². The molecule has 0 aromatic heterocycles. The van der Waals surface area contributed by atoms with E-state index in [1.54, 1.807) is 42.7 Å². The second-order valence-corrected chi connectivity index (χ2v) is 10.8. The summed E-state index contributed by atoms with van der Waals surface area (Å²) < 4.78 is 30.9. The number of hydrogen-bond acceptors (Lipinski definition) is 6. The molecule has 1 rings (SSSR count). The lowest BCUT2D eigenvalue weighted by atomic mass is 10.2. The molecule has 0 spiro atoms. The lowest BCUT2D eigenvalue weighted by molar-refractivity contribution is 0.122. The number of rotatable bonds is 8. The van der Waals surface area contributed by atoms with Crippen molar-refractivity contribution in [1.82, 2.24) is 0 Å². The molecule has 0 unspecified atom stereocenters. The van der Waals surface area contributed by atoms with Crippen molar-refractivity contribution in [3.63, 3.8) is 0 Å². The summed E-state index contributed by atoms with van der Waals surface area (Å²) in [5.41, 5.74) is 2.43. The molecule has 1 aromatic carbocycles. The molecule has 0 radical (unpaired) electrons. The van der Waals surface area contributed by atoms with Gasteiger partial charge in [-0.15, -0.1) is 0 Å². The van der Waals surface area contributed by atoms with Crippen molar-refractivity contribution in [3.05, 3.63) is 35.4 Å². The highest BCUT2D eigenvalue weighted by Gasteiger charge is 2.37. The van der Waals surface area contributed by atoms with Crippen LogP contribution in [0.5, 0.6) is 0 Å². The molecule has 6 nitrogen and oxygen atoms in total. The summed E-state index contributed by atoms with van der Waals surface area (Å²) in [7, 11) is 5.00. The van der Waals surface area contributed by atoms with Crippen LogP contribution in [0.25, 0.3) is 0 Å². The molecule has 134 valence electrons. The van der Waals surface area contributed by atoms with Crippen molar-refractivity contribution in [1.29, 1.82) is 0 Å². The van der Waals surface area contributed by atoms with Crippen LogP contribution in [-0.4, -0.2) is 60.3 Å². The smallest absolute Gasteiger partial charge is 0.377 e. The van der Waals surface area contributed by atoms with E-state index in [-0.39, 0.29) is 0 Å². The minimum Gasteiger partial charge on any atom is -0.377 e. The Bertz CT molecular complexity index is 402. The van der Waals surface area contributed by atoms with E-state index >= 15 is 0 Å². The molecule has 23 heavy (non-hydrogen) atoms. The summed E-state index contributed by atoms with van der Waals surface area (Å²) in [6, 6.07) is 9.02. The summed E-state index contributed by atoms with van der Waals surface area (Å²) in [6.07, 6.45) is 0. The van der Waals surface area contributed by atoms with Crippen molar-refractivity contribution in [2.75, 3.05) is 42.7 Å². The maximum Gasteiger partial charge on any atom is 0.504 e. The Labute approximate surface area is 142 Å². The van der Waals surface area contributed by atoms with Gasteiger partial charge in [-0.3, -0.25) is 0 Å². The highest BCUT2D eigenvalue weighted by molar-refractivity contribution is 6.60. The van der Waals surface area contributed by atoms with Gasteiger partial charge in [-0.1, -0.05) is 29.8 Å². The van der Waals surface area contributed by atoms with E-state index < -0.39 is 17.6 Å². The van der Waals surface area contributed by atoms with Crippen molar-refractivity contribution >= 4 is 17.6 Å². The zero-order valence-corrected chi connectivity index (χ0v) is 17.5. The maximum absolute atomic E-state index is 5.36. The molecular formula is C15H30O6Si2. The highest BCUT2D eigenvalue weighted by Crippen LogP contribution is 2.14. The van der Waals surface area contributed by atoms with Gasteiger partial charge in [0.25, 0.3) is 0 Å². The van der Waals surface area contributed by atoms with Crippen LogP contribution >= 0.6 is 0 Å². The van der Waals surface area contributed by atoms with E-state index in [4.69, 9.17) is 26.6 Å². The number of benzene rings is 1. The second kappa shape index (κ2) is 11.1. The zero-order valence-electron chi connectivity index (χ0n) is 15.5. The van der Waals surface area contributed by atoms with Gasteiger partial charge in [0.2, 0.25) is 0 Å². The fraction of sp³-hybridized carbons (Fsp3) is 0.600. The van der Waals surface area contributed by atoms with E-state index in [2.05, 4.69) is 31.2 Å². The summed E-state index contributed by atoms with van der Waals surface area (Å²) in [5, 5.41) is 0. The summed E-state index contributed by atoms with van der Waals surface area (Å²) in [5.74, 6) is 0. The first-order valence-corrected chi connectivity index (χ1v) is 11.4. The standard InChI is InChI=1S/C11H18O3Si.C4H12O3Si/c1-10-5-7-11(8-6-10)9-15(12-2,13-3)14-4;1-5-8(4,6-2)7-3/h5-8H,9H2,1-4H3;1-4H3. The van der Waals surface area contributed by atoms with Crippen molar-refractivity contribution in [2.45, 2.75) is 19.5 Å². The first-order chi connectivity index (χ1) is 10.8. The molecule has 0 amide bonds. The van der Waals surface area contributed by atoms with Crippen LogP contribution in [0.4, 0.5) is 0 Å². The fourth-order valence-electron chi connectivity index (χ4n) is 1.67. The summed E-state index contributed by atoms with van der Waals surface area (Å²) in [4.78, 5) is 0. The zero-order chi connectivity index (χ0) is 17.9. The summed E-state index contributed by atoms with van der Waals surface area (Å²) in [6.45, 7) is 3.89. The predicted octanol–water partition coefficient (Wildman–Crippen LogP) is 2.45. The van der Waals surface area contributed by atoms with Crippen LogP contribution in [-0.2, 0) is 32.6 Å². The van der Waals surface area contributed by atoms with Crippen molar-refractivity contribution in [2.24, 2.45) is 0 Å². The molecule has 0 aliphatic rings. The normalized spacial score (nSPS) is 11.8. The number of hydrogen-bond donors (Lipinski definition) is 0. The van der Waals surface area contributed by atoms with E-state index in [1.807, 2.05) is 6.55 Å². The topological polar surface area (TPSA) is 55.4 Å². The van der Waals surface area contributed by atoms with Gasteiger partial charge in [-0.05, 0) is 12.5 Å². The van der Waals surface area contributed by atoms with Crippen LogP contribution in [0.1, 0.15) is 11.1 Å². The van der Waals surface area contributed by atoms with E-state index in [0.717, 1.165) is 0 Å². The van der Waals surface area contributed by atoms with Gasteiger partial charge in [-0.2, -0.15) is 0 Å². The summed E-state index contributed by atoms with van der Waals surface area (Å²) >= 11 is 0. The third kappa shape index (κ3) is 7.68. The Morgan fingerprint density at radius 2 is 1.09 bits per heavy atom. The second-order valence-electron chi connectivity index (χ2n) is 4.93. The molecule has 1 aromatic rings. The van der Waals surface area contributed by atoms with Gasteiger partial charge < -0.3 is 26.6 Å². The molecule has 8 heteroatoms. The quantitative estimate of drug-likeness (QED) is 0.662. The van der Waals surface area contributed by atoms with E-state index in [1.165, 1.54) is 11.1 Å². The van der Waals surface area contributed by atoms with Gasteiger partial charge in [0.15, 0.2) is 0 Å². The van der Waals surface area contributed by atoms with Crippen LogP contribution in [0, 0.1) is 6.92 Å². The third-order valence-electron chi connectivity index (χ3n) is 3.59. The molecule has 0 bridgehead atoms. The Morgan fingerprint density at radius 3 is 1.35 bits per heavy atom. The van der Waals surface area contributed by atoms with Crippen LogP contribution in [0.3, 0.4) is 0 Å². The molecule has 0 heterocycles. The van der Waals surface area contributed by atoms with Gasteiger partial charge in [0.05, 0.1) is 0 Å². The van der Waals surface area contributed by atoms with Crippen molar-refractivity contribution in [3.8, 4) is 0 Å².